The van der Waals surface area contributed by atoms with Gasteiger partial charge in [-0.25, -0.2) is 4.79 Å². The van der Waals surface area contributed by atoms with Crippen LogP contribution in [0.2, 0.25) is 5.02 Å². The van der Waals surface area contributed by atoms with E-state index in [2.05, 4.69) is 10.6 Å². The van der Waals surface area contributed by atoms with E-state index in [4.69, 9.17) is 16.3 Å². The summed E-state index contributed by atoms with van der Waals surface area (Å²) >= 11 is 6.17. The summed E-state index contributed by atoms with van der Waals surface area (Å²) in [6.07, 6.45) is 1.31. The Kier molecular flexibility index (Phi) is 6.99. The molecule has 0 bridgehead atoms. The van der Waals surface area contributed by atoms with Crippen LogP contribution in [-0.4, -0.2) is 36.0 Å². The van der Waals surface area contributed by atoms with E-state index in [0.29, 0.717) is 48.1 Å². The number of ether oxygens (including phenoxy) is 1. The van der Waals surface area contributed by atoms with Crippen molar-refractivity contribution in [2.75, 3.05) is 18.4 Å². The minimum absolute atomic E-state index is 0.0442. The molecule has 1 fully saturated rings. The minimum Gasteiger partial charge on any atom is -0.454 e. The predicted molar refractivity (Wildman–Crippen MR) is 115 cm³/mol. The third-order valence-corrected chi connectivity index (χ3v) is 5.08. The molecule has 3 rings (SSSR count). The van der Waals surface area contributed by atoms with Gasteiger partial charge in [0.05, 0.1) is 10.7 Å². The Balaban J connectivity index is 1.60. The predicted octanol–water partition coefficient (Wildman–Crippen LogP) is 4.90. The lowest BCUT2D eigenvalue weighted by atomic mass is 9.96. The van der Waals surface area contributed by atoms with Crippen LogP contribution < -0.4 is 15.4 Å². The average Bonchev–Trinajstić information content (AvgIpc) is 2.70. The van der Waals surface area contributed by atoms with E-state index < -0.39 is 0 Å². The van der Waals surface area contributed by atoms with Crippen LogP contribution >= 0.6 is 11.6 Å². The summed E-state index contributed by atoms with van der Waals surface area (Å²) in [5.74, 6) is 1.06. The van der Waals surface area contributed by atoms with E-state index in [1.807, 2.05) is 38.1 Å². The molecule has 0 aliphatic carbocycles. The molecular weight excluding hydrogens is 390 g/mol. The van der Waals surface area contributed by atoms with Gasteiger partial charge in [0.2, 0.25) is 5.91 Å². The first-order valence-electron chi connectivity index (χ1n) is 9.81. The molecule has 6 nitrogen and oxygen atoms in total. The van der Waals surface area contributed by atoms with Crippen LogP contribution in [0, 0.1) is 5.92 Å². The van der Waals surface area contributed by atoms with Crippen molar-refractivity contribution in [1.82, 2.24) is 10.2 Å². The molecule has 1 aliphatic rings. The summed E-state index contributed by atoms with van der Waals surface area (Å²) in [7, 11) is 0. The number of nitrogens with one attached hydrogen (secondary N) is 2. The van der Waals surface area contributed by atoms with Crippen LogP contribution in [0.5, 0.6) is 11.5 Å². The number of benzene rings is 2. The highest BCUT2D eigenvalue weighted by atomic mass is 35.5. The van der Waals surface area contributed by atoms with Gasteiger partial charge in [-0.2, -0.15) is 0 Å². The fourth-order valence-electron chi connectivity index (χ4n) is 3.25. The molecule has 0 unspecified atom stereocenters. The van der Waals surface area contributed by atoms with E-state index in [-0.39, 0.29) is 23.9 Å². The number of piperidine rings is 1. The number of carbonyl (C=O) groups is 2. The van der Waals surface area contributed by atoms with Crippen LogP contribution in [0.15, 0.2) is 48.5 Å². The molecule has 0 radical (unpaired) electrons. The molecule has 3 amide bonds. The highest BCUT2D eigenvalue weighted by molar-refractivity contribution is 6.32. The van der Waals surface area contributed by atoms with Crippen molar-refractivity contribution >= 4 is 29.2 Å². The zero-order chi connectivity index (χ0) is 20.8. The normalized spacial score (nSPS) is 14.6. The number of nitrogens with zero attached hydrogens (tertiary/aromatic N) is 1. The van der Waals surface area contributed by atoms with Crippen LogP contribution in [0.3, 0.4) is 0 Å². The molecule has 2 N–H and O–H groups in total. The number of hydrogen-bond acceptors (Lipinski definition) is 3. The molecule has 0 atom stereocenters. The summed E-state index contributed by atoms with van der Waals surface area (Å²) in [5.41, 5.74) is 0.567. The molecule has 7 heteroatoms. The smallest absolute Gasteiger partial charge is 0.321 e. The summed E-state index contributed by atoms with van der Waals surface area (Å²) in [5, 5.41) is 6.36. The van der Waals surface area contributed by atoms with Gasteiger partial charge < -0.3 is 20.3 Å². The Hall–Kier alpha value is -2.73. The molecule has 1 aliphatic heterocycles. The zero-order valence-electron chi connectivity index (χ0n) is 16.7. The molecule has 2 aromatic carbocycles. The zero-order valence-corrected chi connectivity index (χ0v) is 17.4. The van der Waals surface area contributed by atoms with Crippen molar-refractivity contribution in [3.63, 3.8) is 0 Å². The lowest BCUT2D eigenvalue weighted by Gasteiger charge is -2.31. The van der Waals surface area contributed by atoms with Crippen molar-refractivity contribution in [1.29, 1.82) is 0 Å². The lowest BCUT2D eigenvalue weighted by molar-refractivity contribution is -0.126. The van der Waals surface area contributed by atoms with Crippen molar-refractivity contribution in [3.05, 3.63) is 53.6 Å². The molecule has 29 heavy (non-hydrogen) atoms. The van der Waals surface area contributed by atoms with Crippen LogP contribution in [-0.2, 0) is 4.79 Å². The number of hydrogen-bond donors (Lipinski definition) is 2. The number of urea groups is 1. The van der Waals surface area contributed by atoms with Crippen LogP contribution in [0.25, 0.3) is 0 Å². The number of rotatable bonds is 5. The van der Waals surface area contributed by atoms with Crippen LogP contribution in [0.4, 0.5) is 10.5 Å². The van der Waals surface area contributed by atoms with E-state index >= 15 is 0 Å². The molecule has 2 aromatic rings. The Morgan fingerprint density at radius 1 is 1.03 bits per heavy atom. The summed E-state index contributed by atoms with van der Waals surface area (Å²) in [6, 6.07) is 14.3. The summed E-state index contributed by atoms with van der Waals surface area (Å²) in [4.78, 5) is 26.6. The van der Waals surface area contributed by atoms with Gasteiger partial charge in [-0.1, -0.05) is 35.9 Å². The van der Waals surface area contributed by atoms with Crippen molar-refractivity contribution < 1.29 is 14.3 Å². The Labute approximate surface area is 176 Å². The van der Waals surface area contributed by atoms with E-state index in [9.17, 15) is 9.59 Å². The van der Waals surface area contributed by atoms with Gasteiger partial charge in [0, 0.05) is 25.0 Å². The Bertz CT molecular complexity index is 864. The highest BCUT2D eigenvalue weighted by Crippen LogP contribution is 2.33. The Morgan fingerprint density at radius 3 is 2.31 bits per heavy atom. The lowest BCUT2D eigenvalue weighted by Crippen LogP contribution is -2.45. The van der Waals surface area contributed by atoms with Gasteiger partial charge in [0.25, 0.3) is 0 Å². The molecule has 0 saturated carbocycles. The minimum atomic E-state index is -0.206. The number of para-hydroxylation sites is 3. The first-order chi connectivity index (χ1) is 13.9. The monoisotopic (exact) mass is 415 g/mol. The largest absolute Gasteiger partial charge is 0.454 e. The summed E-state index contributed by atoms with van der Waals surface area (Å²) in [6.45, 7) is 4.97. The standard InChI is InChI=1S/C22H26ClN3O3/c1-15(2)24-21(27)16-11-13-26(14-12-16)22(28)25-18-8-4-6-10-20(18)29-19-9-5-3-7-17(19)23/h3-10,15-16H,11-14H2,1-2H3,(H,24,27)(H,25,28). The maximum Gasteiger partial charge on any atom is 0.321 e. The van der Waals surface area contributed by atoms with E-state index in [1.165, 1.54) is 0 Å². The molecular formula is C22H26ClN3O3. The number of likely N-dealkylation sites (tertiary alicyclic amines) is 1. The summed E-state index contributed by atoms with van der Waals surface area (Å²) < 4.78 is 5.90. The second-order valence-corrected chi connectivity index (χ2v) is 7.79. The first-order valence-corrected chi connectivity index (χ1v) is 10.2. The SMILES string of the molecule is CC(C)NC(=O)C1CCN(C(=O)Nc2ccccc2Oc2ccccc2Cl)CC1. The number of carbonyl (C=O) groups excluding carboxylic acids is 2. The molecule has 0 spiro atoms. The fraction of sp³-hybridized carbons (Fsp3) is 0.364. The van der Waals surface area contributed by atoms with Gasteiger partial charge in [-0.15, -0.1) is 0 Å². The van der Waals surface area contributed by atoms with Crippen molar-refractivity contribution in [3.8, 4) is 11.5 Å². The highest BCUT2D eigenvalue weighted by Gasteiger charge is 2.27. The molecule has 154 valence electrons. The topological polar surface area (TPSA) is 70.7 Å². The maximum absolute atomic E-state index is 12.7. The van der Waals surface area contributed by atoms with Gasteiger partial charge >= 0.3 is 6.03 Å². The third kappa shape index (κ3) is 5.64. The fourth-order valence-corrected chi connectivity index (χ4v) is 3.42. The Morgan fingerprint density at radius 2 is 1.66 bits per heavy atom. The van der Waals surface area contributed by atoms with Gasteiger partial charge in [0.1, 0.15) is 5.75 Å². The van der Waals surface area contributed by atoms with E-state index in [0.717, 1.165) is 0 Å². The molecule has 0 aromatic heterocycles. The second kappa shape index (κ2) is 9.65. The van der Waals surface area contributed by atoms with Gasteiger partial charge in [0.15, 0.2) is 5.75 Å². The van der Waals surface area contributed by atoms with Gasteiger partial charge in [-0.3, -0.25) is 4.79 Å². The quantitative estimate of drug-likeness (QED) is 0.729. The van der Waals surface area contributed by atoms with Crippen molar-refractivity contribution in [2.45, 2.75) is 32.7 Å². The number of halogens is 1. The second-order valence-electron chi connectivity index (χ2n) is 7.38. The molecule has 1 heterocycles. The van der Waals surface area contributed by atoms with Gasteiger partial charge in [-0.05, 0) is 51.0 Å². The van der Waals surface area contributed by atoms with Crippen LogP contribution in [0.1, 0.15) is 26.7 Å². The first kappa shape index (κ1) is 21.0. The van der Waals surface area contributed by atoms with E-state index in [1.54, 1.807) is 29.2 Å². The molecule has 1 saturated heterocycles. The van der Waals surface area contributed by atoms with Crippen molar-refractivity contribution in [2.24, 2.45) is 5.92 Å². The number of anilines is 1. The maximum atomic E-state index is 12.7. The number of amides is 3. The average molecular weight is 416 g/mol. The third-order valence-electron chi connectivity index (χ3n) is 4.77.